The second kappa shape index (κ2) is 6.47. The van der Waals surface area contributed by atoms with Crippen LogP contribution in [0.25, 0.3) is 0 Å². The maximum Gasteiger partial charge on any atom is 0.335 e. The highest BCUT2D eigenvalue weighted by molar-refractivity contribution is 7.92. The number of methoxy groups -OCH3 is 1. The Morgan fingerprint density at radius 3 is 2.57 bits per heavy atom. The molecule has 0 unspecified atom stereocenters. The molecule has 0 radical (unpaired) electrons. The molecule has 0 aliphatic rings. The number of carbonyl (C=O) groups is 1. The number of hydrogen-bond donors (Lipinski definition) is 2. The zero-order chi connectivity index (χ0) is 17.2. The lowest BCUT2D eigenvalue weighted by molar-refractivity contribution is 0.0696. The summed E-state index contributed by atoms with van der Waals surface area (Å²) >= 11 is 5.99. The van der Waals surface area contributed by atoms with Crippen LogP contribution >= 0.6 is 11.6 Å². The summed E-state index contributed by atoms with van der Waals surface area (Å²) in [5.74, 6) is -0.944. The first-order chi connectivity index (χ1) is 10.7. The lowest BCUT2D eigenvalue weighted by Crippen LogP contribution is -2.14. The largest absolute Gasteiger partial charge is 0.495 e. The van der Waals surface area contributed by atoms with Crippen LogP contribution in [0.5, 0.6) is 5.75 Å². The average Bonchev–Trinajstić information content (AvgIpc) is 2.50. The number of sulfonamides is 1. The first-order valence-electron chi connectivity index (χ1n) is 6.45. The maximum atomic E-state index is 12.4. The molecule has 0 aliphatic carbocycles. The summed E-state index contributed by atoms with van der Waals surface area (Å²) in [7, 11) is -2.58. The number of aryl methyl sites for hydroxylation is 1. The standard InChI is InChI=1S/C15H14ClNO5S/c1-9-6-13(14(22-2)8-12(9)16)17-23(20,21)11-5-3-4-10(7-11)15(18)19/h3-8,17H,1-2H3,(H,18,19). The van der Waals surface area contributed by atoms with E-state index in [1.165, 1.54) is 31.4 Å². The summed E-state index contributed by atoms with van der Waals surface area (Å²) < 4.78 is 32.4. The molecule has 0 saturated heterocycles. The predicted molar refractivity (Wildman–Crippen MR) is 87.0 cm³/mol. The van der Waals surface area contributed by atoms with Gasteiger partial charge in [-0.25, -0.2) is 13.2 Å². The summed E-state index contributed by atoms with van der Waals surface area (Å²) in [5.41, 5.74) is 0.770. The van der Waals surface area contributed by atoms with Crippen LogP contribution < -0.4 is 9.46 Å². The van der Waals surface area contributed by atoms with E-state index in [0.717, 1.165) is 6.07 Å². The Kier molecular flexibility index (Phi) is 4.82. The minimum absolute atomic E-state index is 0.118. The van der Waals surface area contributed by atoms with E-state index in [0.29, 0.717) is 10.6 Å². The van der Waals surface area contributed by atoms with Crippen molar-refractivity contribution in [1.29, 1.82) is 0 Å². The summed E-state index contributed by atoms with van der Waals surface area (Å²) in [6.45, 7) is 1.73. The number of carboxylic acids is 1. The topological polar surface area (TPSA) is 92.7 Å². The Hall–Kier alpha value is -2.25. The lowest BCUT2D eigenvalue weighted by atomic mass is 10.2. The number of rotatable bonds is 5. The number of benzene rings is 2. The molecular formula is C15H14ClNO5S. The Balaban J connectivity index is 2.45. The van der Waals surface area contributed by atoms with Crippen molar-refractivity contribution >= 4 is 33.3 Å². The molecule has 2 aromatic rings. The minimum Gasteiger partial charge on any atom is -0.495 e. The molecule has 0 aromatic heterocycles. The van der Waals surface area contributed by atoms with Crippen molar-refractivity contribution in [2.24, 2.45) is 0 Å². The van der Waals surface area contributed by atoms with E-state index in [-0.39, 0.29) is 21.9 Å². The number of aromatic carboxylic acids is 1. The molecule has 23 heavy (non-hydrogen) atoms. The van der Waals surface area contributed by atoms with E-state index in [1.807, 2.05) is 0 Å². The van der Waals surface area contributed by atoms with Crippen molar-refractivity contribution in [3.05, 3.63) is 52.5 Å². The van der Waals surface area contributed by atoms with Gasteiger partial charge in [-0.1, -0.05) is 17.7 Å². The van der Waals surface area contributed by atoms with Crippen LogP contribution in [0.1, 0.15) is 15.9 Å². The Labute approximate surface area is 138 Å². The number of ether oxygens (including phenoxy) is 1. The Bertz CT molecular complexity index is 864. The van der Waals surface area contributed by atoms with Crippen LogP contribution in [0, 0.1) is 6.92 Å². The average molecular weight is 356 g/mol. The Morgan fingerprint density at radius 2 is 1.96 bits per heavy atom. The third kappa shape index (κ3) is 3.75. The molecule has 0 spiro atoms. The smallest absolute Gasteiger partial charge is 0.335 e. The maximum absolute atomic E-state index is 12.4. The monoisotopic (exact) mass is 355 g/mol. The van der Waals surface area contributed by atoms with Gasteiger partial charge in [0, 0.05) is 11.1 Å². The fourth-order valence-corrected chi connectivity index (χ4v) is 3.17. The van der Waals surface area contributed by atoms with Gasteiger partial charge in [-0.3, -0.25) is 4.72 Å². The molecule has 0 amide bonds. The molecule has 0 saturated carbocycles. The second-order valence-electron chi connectivity index (χ2n) is 4.74. The molecule has 2 aromatic carbocycles. The number of halogens is 1. The first-order valence-corrected chi connectivity index (χ1v) is 8.31. The SMILES string of the molecule is COc1cc(Cl)c(C)cc1NS(=O)(=O)c1cccc(C(=O)O)c1. The quantitative estimate of drug-likeness (QED) is 0.859. The molecule has 0 atom stereocenters. The Morgan fingerprint density at radius 1 is 1.26 bits per heavy atom. The highest BCUT2D eigenvalue weighted by Gasteiger charge is 2.19. The zero-order valence-electron chi connectivity index (χ0n) is 12.3. The molecule has 8 heteroatoms. The third-order valence-electron chi connectivity index (χ3n) is 3.12. The van der Waals surface area contributed by atoms with Gasteiger partial charge in [0.1, 0.15) is 5.75 Å². The molecule has 6 nitrogen and oxygen atoms in total. The van der Waals surface area contributed by atoms with Crippen molar-refractivity contribution in [2.45, 2.75) is 11.8 Å². The third-order valence-corrected chi connectivity index (χ3v) is 4.89. The van der Waals surface area contributed by atoms with Crippen LogP contribution in [-0.2, 0) is 10.0 Å². The first kappa shape index (κ1) is 17.1. The van der Waals surface area contributed by atoms with Gasteiger partial charge in [-0.05, 0) is 36.8 Å². The van der Waals surface area contributed by atoms with Crippen molar-refractivity contribution in [3.8, 4) is 5.75 Å². The molecular weight excluding hydrogens is 342 g/mol. The van der Waals surface area contributed by atoms with Crippen molar-refractivity contribution < 1.29 is 23.1 Å². The summed E-state index contributed by atoms with van der Waals surface area (Å²) in [4.78, 5) is 10.8. The van der Waals surface area contributed by atoms with Crippen LogP contribution in [0.15, 0.2) is 41.3 Å². The van der Waals surface area contributed by atoms with Gasteiger partial charge in [0.15, 0.2) is 0 Å². The fourth-order valence-electron chi connectivity index (χ4n) is 1.91. The zero-order valence-corrected chi connectivity index (χ0v) is 13.9. The van der Waals surface area contributed by atoms with E-state index in [4.69, 9.17) is 21.4 Å². The summed E-state index contributed by atoms with van der Waals surface area (Å²) in [5, 5.41) is 9.41. The van der Waals surface area contributed by atoms with E-state index >= 15 is 0 Å². The summed E-state index contributed by atoms with van der Waals surface area (Å²) in [6, 6.07) is 8.11. The van der Waals surface area contributed by atoms with Crippen molar-refractivity contribution in [1.82, 2.24) is 0 Å². The van der Waals surface area contributed by atoms with Gasteiger partial charge in [0.2, 0.25) is 0 Å². The lowest BCUT2D eigenvalue weighted by Gasteiger charge is -2.13. The van der Waals surface area contributed by atoms with Crippen LogP contribution in [0.4, 0.5) is 5.69 Å². The van der Waals surface area contributed by atoms with Gasteiger partial charge >= 0.3 is 5.97 Å². The molecule has 0 aliphatic heterocycles. The fraction of sp³-hybridized carbons (Fsp3) is 0.133. The van der Waals surface area contributed by atoms with Gasteiger partial charge in [-0.2, -0.15) is 0 Å². The molecule has 0 bridgehead atoms. The number of nitrogens with one attached hydrogen (secondary N) is 1. The number of anilines is 1. The van der Waals surface area contributed by atoms with Gasteiger partial charge < -0.3 is 9.84 Å². The summed E-state index contributed by atoms with van der Waals surface area (Å²) in [6.07, 6.45) is 0. The van der Waals surface area contributed by atoms with E-state index in [9.17, 15) is 13.2 Å². The highest BCUT2D eigenvalue weighted by atomic mass is 35.5. The molecule has 0 heterocycles. The minimum atomic E-state index is -3.97. The van der Waals surface area contributed by atoms with Gasteiger partial charge in [0.05, 0.1) is 23.3 Å². The number of hydrogen-bond acceptors (Lipinski definition) is 4. The second-order valence-corrected chi connectivity index (χ2v) is 6.83. The van der Waals surface area contributed by atoms with E-state index < -0.39 is 16.0 Å². The molecule has 0 fully saturated rings. The van der Waals surface area contributed by atoms with Gasteiger partial charge in [-0.15, -0.1) is 0 Å². The van der Waals surface area contributed by atoms with Crippen molar-refractivity contribution in [2.75, 3.05) is 11.8 Å². The van der Waals surface area contributed by atoms with Crippen molar-refractivity contribution in [3.63, 3.8) is 0 Å². The molecule has 2 N–H and O–H groups in total. The van der Waals surface area contributed by atoms with E-state index in [1.54, 1.807) is 13.0 Å². The molecule has 122 valence electrons. The highest BCUT2D eigenvalue weighted by Crippen LogP contribution is 2.32. The molecule has 2 rings (SSSR count). The van der Waals surface area contributed by atoms with Crippen LogP contribution in [0.2, 0.25) is 5.02 Å². The van der Waals surface area contributed by atoms with Crippen LogP contribution in [0.3, 0.4) is 0 Å². The number of carboxylic acid groups (broad SMARTS) is 1. The van der Waals surface area contributed by atoms with Gasteiger partial charge in [0.25, 0.3) is 10.0 Å². The normalized spacial score (nSPS) is 11.1. The van der Waals surface area contributed by atoms with Crippen LogP contribution in [-0.4, -0.2) is 26.6 Å². The predicted octanol–water partition coefficient (Wildman–Crippen LogP) is 3.16. The van der Waals surface area contributed by atoms with E-state index in [2.05, 4.69) is 4.72 Å².